The lowest BCUT2D eigenvalue weighted by Crippen LogP contribution is -2.29. The van der Waals surface area contributed by atoms with Crippen molar-refractivity contribution in [2.45, 2.75) is 72.6 Å². The number of benzene rings is 3. The molecular formula is C61H62N4. The van der Waals surface area contributed by atoms with Crippen LogP contribution in [0.15, 0.2) is 224 Å². The molecule has 3 aliphatic carbocycles. The third-order valence-corrected chi connectivity index (χ3v) is 12.7. The molecule has 2 aromatic heterocycles. The Labute approximate surface area is 387 Å². The summed E-state index contributed by atoms with van der Waals surface area (Å²) in [4.78, 5) is 9.14. The molecule has 326 valence electrons. The first-order chi connectivity index (χ1) is 31.7. The maximum absolute atomic E-state index is 4.90. The van der Waals surface area contributed by atoms with Crippen LogP contribution >= 0.6 is 0 Å². The van der Waals surface area contributed by atoms with Gasteiger partial charge in [0.05, 0.1) is 22.6 Å². The zero-order valence-electron chi connectivity index (χ0n) is 38.6. The van der Waals surface area contributed by atoms with Gasteiger partial charge in [-0.2, -0.15) is 0 Å². The summed E-state index contributed by atoms with van der Waals surface area (Å²) in [7, 11) is 0. The van der Waals surface area contributed by atoms with E-state index in [0.29, 0.717) is 11.7 Å². The Morgan fingerprint density at radius 1 is 0.877 bits per heavy atom. The predicted octanol–water partition coefficient (Wildman–Crippen LogP) is 16.0. The molecule has 5 aromatic rings. The first-order valence-corrected chi connectivity index (χ1v) is 23.3. The van der Waals surface area contributed by atoms with Gasteiger partial charge in [0.25, 0.3) is 0 Å². The van der Waals surface area contributed by atoms with Crippen molar-refractivity contribution in [2.24, 2.45) is 11.3 Å². The van der Waals surface area contributed by atoms with E-state index in [9.17, 15) is 0 Å². The molecule has 0 saturated heterocycles. The van der Waals surface area contributed by atoms with Crippen molar-refractivity contribution in [2.75, 3.05) is 5.01 Å². The van der Waals surface area contributed by atoms with Gasteiger partial charge in [-0.1, -0.05) is 167 Å². The number of rotatable bonds is 15. The molecular weight excluding hydrogens is 789 g/mol. The molecule has 3 aromatic carbocycles. The van der Waals surface area contributed by atoms with Gasteiger partial charge in [-0.05, 0) is 139 Å². The highest BCUT2D eigenvalue weighted by atomic mass is 15.6. The molecule has 3 aliphatic rings. The summed E-state index contributed by atoms with van der Waals surface area (Å²) in [5.41, 5.74) is 15.5. The molecule has 0 saturated carbocycles. The fourth-order valence-corrected chi connectivity index (χ4v) is 9.69. The summed E-state index contributed by atoms with van der Waals surface area (Å²) in [6.45, 7) is 18.0. The van der Waals surface area contributed by atoms with Crippen molar-refractivity contribution in [1.29, 1.82) is 0 Å². The number of fused-ring (bicyclic) bond motifs is 4. The smallest absolute Gasteiger partial charge is 0.159 e. The quantitative estimate of drug-likeness (QED) is 0.0777. The van der Waals surface area contributed by atoms with Crippen LogP contribution in [0.1, 0.15) is 76.6 Å². The molecule has 4 heteroatoms. The van der Waals surface area contributed by atoms with Crippen molar-refractivity contribution in [3.63, 3.8) is 0 Å². The van der Waals surface area contributed by atoms with Crippen molar-refractivity contribution < 1.29 is 0 Å². The second-order valence-electron chi connectivity index (χ2n) is 17.9. The number of hydrogen-bond donors (Lipinski definition) is 0. The number of allylic oxidation sites excluding steroid dienone is 20. The number of anilines is 1. The highest BCUT2D eigenvalue weighted by Gasteiger charge is 2.34. The highest BCUT2D eigenvalue weighted by Crippen LogP contribution is 2.46. The van der Waals surface area contributed by atoms with E-state index in [0.717, 1.165) is 72.2 Å². The Bertz CT molecular complexity index is 2840. The van der Waals surface area contributed by atoms with Gasteiger partial charge in [-0.3, -0.25) is 0 Å². The van der Waals surface area contributed by atoms with Crippen LogP contribution in [0.25, 0.3) is 39.5 Å². The molecule has 8 rings (SSSR count). The maximum Gasteiger partial charge on any atom is 0.159 e. The Morgan fingerprint density at radius 3 is 2.48 bits per heavy atom. The monoisotopic (exact) mass is 850 g/mol. The van der Waals surface area contributed by atoms with E-state index < -0.39 is 0 Å². The summed E-state index contributed by atoms with van der Waals surface area (Å²) in [5.74, 6) is 1.24. The molecule has 0 N–H and O–H groups in total. The summed E-state index contributed by atoms with van der Waals surface area (Å²) < 4.78 is 2.43. The SMILES string of the molecule is C=C/C=C\C=C/Cc1cc(-c2ccccc2)c2c(c1)c1c(n2N(C(=C)/C=C\C2=CC(C)(C)C3CCC=CC=C3C2)c2ccc(-c3ncccn3)cc2)C=CC=C(/C=C/C/C(C)=C\CC)C1. The van der Waals surface area contributed by atoms with Crippen LogP contribution in [0.3, 0.4) is 0 Å². The normalized spacial score (nSPS) is 17.3. The lowest BCUT2D eigenvalue weighted by molar-refractivity contribution is 0.295. The molecule has 0 aliphatic heterocycles. The van der Waals surface area contributed by atoms with Gasteiger partial charge >= 0.3 is 0 Å². The summed E-state index contributed by atoms with van der Waals surface area (Å²) >= 11 is 0. The Balaban J connectivity index is 1.33. The Kier molecular flexibility index (Phi) is 14.2. The van der Waals surface area contributed by atoms with E-state index in [4.69, 9.17) is 6.58 Å². The zero-order valence-corrected chi connectivity index (χ0v) is 38.6. The van der Waals surface area contributed by atoms with E-state index in [-0.39, 0.29) is 5.41 Å². The molecule has 0 radical (unpaired) electrons. The first kappa shape index (κ1) is 44.6. The molecule has 4 nitrogen and oxygen atoms in total. The average Bonchev–Trinajstić information content (AvgIpc) is 3.50. The summed E-state index contributed by atoms with van der Waals surface area (Å²) in [6.07, 6.45) is 48.2. The van der Waals surface area contributed by atoms with E-state index in [1.54, 1.807) is 12.4 Å². The molecule has 2 heterocycles. The Hall–Kier alpha value is -7.04. The first-order valence-electron chi connectivity index (χ1n) is 23.3. The predicted molar refractivity (Wildman–Crippen MR) is 278 cm³/mol. The van der Waals surface area contributed by atoms with Crippen LogP contribution in [0.2, 0.25) is 0 Å². The van der Waals surface area contributed by atoms with Crippen LogP contribution < -0.4 is 5.01 Å². The van der Waals surface area contributed by atoms with Crippen LogP contribution in [0, 0.1) is 11.3 Å². The van der Waals surface area contributed by atoms with Gasteiger partial charge in [0.15, 0.2) is 5.82 Å². The lowest BCUT2D eigenvalue weighted by atomic mass is 9.66. The minimum Gasteiger partial charge on any atom is -0.250 e. The van der Waals surface area contributed by atoms with Crippen molar-refractivity contribution in [3.05, 3.63) is 240 Å². The molecule has 1 atom stereocenters. The highest BCUT2D eigenvalue weighted by molar-refractivity contribution is 6.01. The molecule has 0 bridgehead atoms. The van der Waals surface area contributed by atoms with Crippen LogP contribution in [-0.2, 0) is 12.8 Å². The number of hydrogen-bond acceptors (Lipinski definition) is 3. The van der Waals surface area contributed by atoms with Gasteiger partial charge in [0.2, 0.25) is 0 Å². The molecule has 0 fully saturated rings. The van der Waals surface area contributed by atoms with Gasteiger partial charge in [-0.25, -0.2) is 19.7 Å². The van der Waals surface area contributed by atoms with Gasteiger partial charge in [-0.15, -0.1) is 0 Å². The molecule has 0 spiro atoms. The van der Waals surface area contributed by atoms with Gasteiger partial charge in [0, 0.05) is 35.3 Å². The topological polar surface area (TPSA) is 34.0 Å². The van der Waals surface area contributed by atoms with Crippen LogP contribution in [-0.4, -0.2) is 14.6 Å². The molecule has 0 amide bonds. The van der Waals surface area contributed by atoms with E-state index >= 15 is 0 Å². The molecule has 1 unspecified atom stereocenters. The van der Waals surface area contributed by atoms with Crippen molar-refractivity contribution in [1.82, 2.24) is 14.6 Å². The summed E-state index contributed by atoms with van der Waals surface area (Å²) in [6, 6.07) is 26.1. The zero-order chi connectivity index (χ0) is 45.2. The van der Waals surface area contributed by atoms with Gasteiger partial charge < -0.3 is 0 Å². The third kappa shape index (κ3) is 10.3. The summed E-state index contributed by atoms with van der Waals surface area (Å²) in [5, 5.41) is 3.54. The van der Waals surface area contributed by atoms with E-state index in [2.05, 4.69) is 206 Å². The van der Waals surface area contributed by atoms with E-state index in [1.807, 2.05) is 24.3 Å². The minimum atomic E-state index is 0.0500. The maximum atomic E-state index is 4.90. The van der Waals surface area contributed by atoms with Crippen molar-refractivity contribution >= 4 is 22.7 Å². The van der Waals surface area contributed by atoms with Crippen molar-refractivity contribution in [3.8, 4) is 22.5 Å². The fraction of sp³-hybridized carbons (Fsp3) is 0.213. The van der Waals surface area contributed by atoms with Crippen LogP contribution in [0.4, 0.5) is 5.69 Å². The van der Waals surface area contributed by atoms with E-state index in [1.165, 1.54) is 50.8 Å². The average molecular weight is 851 g/mol. The number of aromatic nitrogens is 3. The third-order valence-electron chi connectivity index (χ3n) is 12.7. The Morgan fingerprint density at radius 2 is 1.69 bits per heavy atom. The van der Waals surface area contributed by atoms with Crippen LogP contribution in [0.5, 0.6) is 0 Å². The second-order valence-corrected chi connectivity index (χ2v) is 17.9. The lowest BCUT2D eigenvalue weighted by Gasteiger charge is -2.38. The van der Waals surface area contributed by atoms with Gasteiger partial charge in [0.1, 0.15) is 0 Å². The largest absolute Gasteiger partial charge is 0.250 e. The fourth-order valence-electron chi connectivity index (χ4n) is 9.69. The molecule has 65 heavy (non-hydrogen) atoms. The second kappa shape index (κ2) is 20.6. The minimum absolute atomic E-state index is 0.0500. The number of nitrogens with zero attached hydrogens (tertiary/aromatic N) is 4. The standard InChI is InChI=1S/C61H62N4/c1-7-9-10-11-14-24-48-42-54(50-27-15-12-16-28-50)59-56(43-48)55-41-47(25-19-23-45(3)22-8-2)26-20-31-58(55)65(59)64(53-36-34-51(35-37-53)60-62-38-21-39-63-60)46(4)32-33-49-40-52-29-17-13-18-30-57(52)61(5,6)44-49/h7,9-17,19-22,25-29,31-39,42-44,57H,1,4,8,18,23-24,30,40-41H2,2-3,5-6H3/b10-9-,14-11-,25-19+,33-32-,45-22-.